The molecule has 1 aliphatic rings. The lowest BCUT2D eigenvalue weighted by molar-refractivity contribution is 0.475. The smallest absolute Gasteiger partial charge is 0.116 e. The van der Waals surface area contributed by atoms with Gasteiger partial charge < -0.3 is 10.2 Å². The molecule has 2 heteroatoms. The molecule has 0 amide bonds. The SMILES string of the molecule is Cc1cc(O)cc2ccc(C3(c4ccc5cc(O)ccc5c4)c4ccccc4-c4c3ccc3ccccc43)cc12. The Kier molecular flexibility index (Phi) is 4.69. The Bertz CT molecular complexity index is 2160. The summed E-state index contributed by atoms with van der Waals surface area (Å²) in [4.78, 5) is 0. The van der Waals surface area contributed by atoms with E-state index in [9.17, 15) is 10.2 Å². The van der Waals surface area contributed by atoms with E-state index in [0.717, 1.165) is 27.1 Å². The number of fused-ring (bicyclic) bond motifs is 7. The van der Waals surface area contributed by atoms with Crippen LogP contribution in [0.5, 0.6) is 11.5 Å². The Balaban J connectivity index is 1.56. The zero-order valence-corrected chi connectivity index (χ0v) is 22.0. The molecule has 1 aliphatic carbocycles. The van der Waals surface area contributed by atoms with Crippen LogP contribution in [0, 0.1) is 6.92 Å². The van der Waals surface area contributed by atoms with Crippen molar-refractivity contribution in [2.45, 2.75) is 12.3 Å². The van der Waals surface area contributed by atoms with Crippen molar-refractivity contribution in [3.63, 3.8) is 0 Å². The van der Waals surface area contributed by atoms with E-state index in [1.165, 1.54) is 44.2 Å². The Morgan fingerprint density at radius 1 is 0.475 bits per heavy atom. The maximum atomic E-state index is 10.3. The number of rotatable bonds is 2. The first-order valence-electron chi connectivity index (χ1n) is 13.6. The molecule has 0 heterocycles. The molecule has 8 rings (SSSR count). The van der Waals surface area contributed by atoms with E-state index >= 15 is 0 Å². The second kappa shape index (κ2) is 8.21. The van der Waals surface area contributed by atoms with E-state index < -0.39 is 5.41 Å². The van der Waals surface area contributed by atoms with Gasteiger partial charge in [-0.1, -0.05) is 91.0 Å². The minimum absolute atomic E-state index is 0.270. The van der Waals surface area contributed by atoms with Gasteiger partial charge in [-0.15, -0.1) is 0 Å². The average Bonchev–Trinajstić information content (AvgIpc) is 3.28. The summed E-state index contributed by atoms with van der Waals surface area (Å²) in [5.74, 6) is 0.555. The highest BCUT2D eigenvalue weighted by Crippen LogP contribution is 2.58. The first-order valence-corrected chi connectivity index (χ1v) is 13.6. The summed E-state index contributed by atoms with van der Waals surface area (Å²) in [6.45, 7) is 2.06. The highest BCUT2D eigenvalue weighted by Gasteiger charge is 2.46. The number of aryl methyl sites for hydroxylation is 1. The van der Waals surface area contributed by atoms with Gasteiger partial charge in [0.25, 0.3) is 0 Å². The number of benzene rings is 7. The summed E-state index contributed by atoms with van der Waals surface area (Å²) in [6.07, 6.45) is 0. The van der Waals surface area contributed by atoms with Gasteiger partial charge in [0.2, 0.25) is 0 Å². The first-order chi connectivity index (χ1) is 19.5. The molecule has 7 aromatic carbocycles. The molecule has 0 saturated carbocycles. The molecule has 0 spiro atoms. The van der Waals surface area contributed by atoms with E-state index in [1.54, 1.807) is 6.07 Å². The van der Waals surface area contributed by atoms with Crippen LogP contribution in [0.4, 0.5) is 0 Å². The van der Waals surface area contributed by atoms with Crippen molar-refractivity contribution in [1.82, 2.24) is 0 Å². The number of hydrogen-bond acceptors (Lipinski definition) is 2. The molecule has 0 aliphatic heterocycles. The lowest BCUT2D eigenvalue weighted by Crippen LogP contribution is -2.28. The maximum absolute atomic E-state index is 10.3. The van der Waals surface area contributed by atoms with Gasteiger partial charge in [-0.25, -0.2) is 0 Å². The minimum atomic E-state index is -0.555. The summed E-state index contributed by atoms with van der Waals surface area (Å²) < 4.78 is 0. The molecule has 7 aromatic rings. The summed E-state index contributed by atoms with van der Waals surface area (Å²) in [6, 6.07) is 44.6. The average molecular weight is 515 g/mol. The summed E-state index contributed by atoms with van der Waals surface area (Å²) in [7, 11) is 0. The molecule has 2 N–H and O–H groups in total. The van der Waals surface area contributed by atoms with E-state index in [4.69, 9.17) is 0 Å². The molecule has 190 valence electrons. The van der Waals surface area contributed by atoms with Crippen LogP contribution < -0.4 is 0 Å². The Labute approximate surface area is 232 Å². The summed E-state index contributed by atoms with van der Waals surface area (Å²) >= 11 is 0. The van der Waals surface area contributed by atoms with Crippen molar-refractivity contribution >= 4 is 32.3 Å². The van der Waals surface area contributed by atoms with Gasteiger partial charge in [-0.3, -0.25) is 0 Å². The largest absolute Gasteiger partial charge is 0.508 e. The molecule has 0 saturated heterocycles. The number of hydrogen-bond donors (Lipinski definition) is 2. The van der Waals surface area contributed by atoms with Crippen LogP contribution in [0.15, 0.2) is 127 Å². The van der Waals surface area contributed by atoms with Crippen LogP contribution in [0.25, 0.3) is 43.4 Å². The highest BCUT2D eigenvalue weighted by atomic mass is 16.3. The minimum Gasteiger partial charge on any atom is -0.508 e. The lowest BCUT2D eigenvalue weighted by Gasteiger charge is -2.34. The Hall–Kier alpha value is -5.08. The van der Waals surface area contributed by atoms with Gasteiger partial charge >= 0.3 is 0 Å². The molecule has 40 heavy (non-hydrogen) atoms. The fraction of sp³-hybridized carbons (Fsp3) is 0.0526. The molecule has 0 bridgehead atoms. The van der Waals surface area contributed by atoms with Crippen molar-refractivity contribution in [3.8, 4) is 22.6 Å². The van der Waals surface area contributed by atoms with Crippen molar-refractivity contribution in [1.29, 1.82) is 0 Å². The second-order valence-electron chi connectivity index (χ2n) is 10.9. The van der Waals surface area contributed by atoms with Crippen LogP contribution in [0.2, 0.25) is 0 Å². The standard InChI is InChI=1S/C38H26O2/c1-23-18-31(40)21-27-11-15-29(22-34(23)27)38(28-14-10-26-20-30(39)16-12-25(26)19-28)35-9-5-4-8-33(35)37-32-7-3-2-6-24(32)13-17-36(37)38/h2-22,39-40H,1H3. The van der Waals surface area contributed by atoms with Gasteiger partial charge in [0.1, 0.15) is 11.5 Å². The molecule has 0 radical (unpaired) electrons. The third-order valence-electron chi connectivity index (χ3n) is 8.77. The van der Waals surface area contributed by atoms with Crippen molar-refractivity contribution in [2.24, 2.45) is 0 Å². The number of phenols is 2. The van der Waals surface area contributed by atoms with E-state index in [-0.39, 0.29) is 11.5 Å². The zero-order valence-electron chi connectivity index (χ0n) is 22.0. The summed E-state index contributed by atoms with van der Waals surface area (Å²) in [5, 5.41) is 27.1. The van der Waals surface area contributed by atoms with Crippen molar-refractivity contribution < 1.29 is 10.2 Å². The van der Waals surface area contributed by atoms with Crippen LogP contribution in [0.1, 0.15) is 27.8 Å². The molecule has 1 unspecified atom stereocenters. The second-order valence-corrected chi connectivity index (χ2v) is 10.9. The van der Waals surface area contributed by atoms with Gasteiger partial charge in [-0.05, 0) is 115 Å². The van der Waals surface area contributed by atoms with Crippen LogP contribution in [-0.2, 0) is 5.41 Å². The van der Waals surface area contributed by atoms with Gasteiger partial charge in [0, 0.05) is 0 Å². The topological polar surface area (TPSA) is 40.5 Å². The Morgan fingerprint density at radius 3 is 2.05 bits per heavy atom. The quantitative estimate of drug-likeness (QED) is 0.241. The molecular formula is C38H26O2. The monoisotopic (exact) mass is 514 g/mol. The van der Waals surface area contributed by atoms with Gasteiger partial charge in [0.15, 0.2) is 0 Å². The van der Waals surface area contributed by atoms with Gasteiger partial charge in [0.05, 0.1) is 5.41 Å². The van der Waals surface area contributed by atoms with Crippen LogP contribution >= 0.6 is 0 Å². The van der Waals surface area contributed by atoms with E-state index in [0.29, 0.717) is 0 Å². The fourth-order valence-corrected chi connectivity index (χ4v) is 7.06. The molecule has 2 nitrogen and oxygen atoms in total. The van der Waals surface area contributed by atoms with Gasteiger partial charge in [-0.2, -0.15) is 0 Å². The molecular weight excluding hydrogens is 488 g/mol. The van der Waals surface area contributed by atoms with Crippen LogP contribution in [-0.4, -0.2) is 10.2 Å². The normalized spacial score (nSPS) is 15.9. The Morgan fingerprint density at radius 2 is 1.15 bits per heavy atom. The van der Waals surface area contributed by atoms with Crippen molar-refractivity contribution in [3.05, 3.63) is 155 Å². The number of aromatic hydroxyl groups is 2. The van der Waals surface area contributed by atoms with E-state index in [1.807, 2.05) is 24.3 Å². The molecule has 0 aromatic heterocycles. The highest BCUT2D eigenvalue weighted by molar-refractivity contribution is 6.04. The molecule has 1 atom stereocenters. The summed E-state index contributed by atoms with van der Waals surface area (Å²) in [5.41, 5.74) is 7.92. The van der Waals surface area contributed by atoms with E-state index in [2.05, 4.69) is 104 Å². The molecule has 0 fully saturated rings. The lowest BCUT2D eigenvalue weighted by atomic mass is 9.67. The number of phenolic OH excluding ortho intramolecular Hbond substituents is 2. The third-order valence-corrected chi connectivity index (χ3v) is 8.77. The third kappa shape index (κ3) is 3.05. The fourth-order valence-electron chi connectivity index (χ4n) is 7.06. The predicted octanol–water partition coefficient (Wildman–Crippen LogP) is 9.23. The maximum Gasteiger partial charge on any atom is 0.116 e. The van der Waals surface area contributed by atoms with Crippen molar-refractivity contribution in [2.75, 3.05) is 0 Å². The predicted molar refractivity (Wildman–Crippen MR) is 164 cm³/mol. The first kappa shape index (κ1) is 22.9. The zero-order chi connectivity index (χ0) is 27.0. The van der Waals surface area contributed by atoms with Crippen LogP contribution in [0.3, 0.4) is 0 Å².